The zero-order valence-corrected chi connectivity index (χ0v) is 14.2. The summed E-state index contributed by atoms with van der Waals surface area (Å²) in [6, 6.07) is 17.2. The molecule has 130 valence electrons. The van der Waals surface area contributed by atoms with Gasteiger partial charge in [-0.05, 0) is 12.5 Å². The Labute approximate surface area is 150 Å². The van der Waals surface area contributed by atoms with E-state index in [4.69, 9.17) is 9.47 Å². The highest BCUT2D eigenvalue weighted by Crippen LogP contribution is 2.43. The highest BCUT2D eigenvalue weighted by Gasteiger charge is 2.36. The molecule has 0 fully saturated rings. The molecule has 3 aromatic rings. The van der Waals surface area contributed by atoms with Crippen molar-refractivity contribution in [1.29, 1.82) is 0 Å². The third kappa shape index (κ3) is 2.58. The maximum Gasteiger partial charge on any atom is 0.262 e. The van der Waals surface area contributed by atoms with E-state index in [0.717, 1.165) is 16.3 Å². The molecule has 0 radical (unpaired) electrons. The molecule has 4 rings (SSSR count). The standard InChI is InChI=1S/C21H17NO4/c1-2-25-18-14-10-6-7-11-15(14)19(17-16(18)20(23)22-21(17)24)26-12-13-8-4-3-5-9-13/h3-11H,2,12H2,1H3,(H,22,23,24). The van der Waals surface area contributed by atoms with Gasteiger partial charge in [0.2, 0.25) is 0 Å². The van der Waals surface area contributed by atoms with Crippen LogP contribution >= 0.6 is 0 Å². The fourth-order valence-corrected chi connectivity index (χ4v) is 3.21. The first-order valence-corrected chi connectivity index (χ1v) is 8.44. The average molecular weight is 347 g/mol. The summed E-state index contributed by atoms with van der Waals surface area (Å²) in [6.07, 6.45) is 0. The van der Waals surface area contributed by atoms with Crippen LogP contribution in [-0.2, 0) is 6.61 Å². The molecule has 5 nitrogen and oxygen atoms in total. The maximum absolute atomic E-state index is 12.4. The molecule has 0 saturated heterocycles. The number of hydrogen-bond acceptors (Lipinski definition) is 4. The van der Waals surface area contributed by atoms with Gasteiger partial charge < -0.3 is 9.47 Å². The van der Waals surface area contributed by atoms with Crippen LogP contribution in [0.15, 0.2) is 54.6 Å². The molecule has 0 atom stereocenters. The van der Waals surface area contributed by atoms with E-state index < -0.39 is 11.8 Å². The quantitative estimate of drug-likeness (QED) is 0.715. The third-order valence-electron chi connectivity index (χ3n) is 4.32. The van der Waals surface area contributed by atoms with Gasteiger partial charge in [-0.25, -0.2) is 0 Å². The predicted octanol–water partition coefficient (Wildman–Crippen LogP) is 3.70. The van der Waals surface area contributed by atoms with Crippen LogP contribution < -0.4 is 14.8 Å². The van der Waals surface area contributed by atoms with Crippen molar-refractivity contribution in [3.05, 3.63) is 71.3 Å². The minimum atomic E-state index is -0.459. The van der Waals surface area contributed by atoms with E-state index in [1.807, 2.05) is 61.5 Å². The summed E-state index contributed by atoms with van der Waals surface area (Å²) in [5.41, 5.74) is 1.47. The summed E-state index contributed by atoms with van der Waals surface area (Å²) in [5.74, 6) is -0.0803. The van der Waals surface area contributed by atoms with Crippen molar-refractivity contribution in [3.63, 3.8) is 0 Å². The van der Waals surface area contributed by atoms with E-state index in [1.165, 1.54) is 0 Å². The molecule has 1 N–H and O–H groups in total. The van der Waals surface area contributed by atoms with E-state index in [1.54, 1.807) is 0 Å². The smallest absolute Gasteiger partial charge is 0.262 e. The Bertz CT molecular complexity index is 1010. The first kappa shape index (κ1) is 16.1. The summed E-state index contributed by atoms with van der Waals surface area (Å²) in [6.45, 7) is 2.53. The van der Waals surface area contributed by atoms with Crippen LogP contribution in [0.25, 0.3) is 10.8 Å². The van der Waals surface area contributed by atoms with Crippen molar-refractivity contribution < 1.29 is 19.1 Å². The predicted molar refractivity (Wildman–Crippen MR) is 97.7 cm³/mol. The van der Waals surface area contributed by atoms with Gasteiger partial charge in [0, 0.05) is 10.8 Å². The lowest BCUT2D eigenvalue weighted by Gasteiger charge is -2.16. The van der Waals surface area contributed by atoms with Crippen molar-refractivity contribution in [2.45, 2.75) is 13.5 Å². The van der Waals surface area contributed by atoms with Crippen molar-refractivity contribution in [1.82, 2.24) is 5.32 Å². The number of rotatable bonds is 5. The second-order valence-corrected chi connectivity index (χ2v) is 5.94. The Balaban J connectivity index is 1.92. The molecule has 0 aliphatic carbocycles. The Morgan fingerprint density at radius 2 is 1.31 bits per heavy atom. The fourth-order valence-electron chi connectivity index (χ4n) is 3.21. The third-order valence-corrected chi connectivity index (χ3v) is 4.32. The minimum Gasteiger partial charge on any atom is -0.492 e. The molecule has 1 heterocycles. The van der Waals surface area contributed by atoms with Gasteiger partial charge in [0.1, 0.15) is 18.1 Å². The Hall–Kier alpha value is -3.34. The van der Waals surface area contributed by atoms with Gasteiger partial charge in [-0.15, -0.1) is 0 Å². The van der Waals surface area contributed by atoms with Crippen LogP contribution in [0.1, 0.15) is 33.2 Å². The van der Waals surface area contributed by atoms with E-state index in [-0.39, 0.29) is 11.1 Å². The van der Waals surface area contributed by atoms with E-state index in [9.17, 15) is 9.59 Å². The van der Waals surface area contributed by atoms with Crippen LogP contribution in [-0.4, -0.2) is 18.4 Å². The molecule has 0 spiro atoms. The number of benzene rings is 3. The highest BCUT2D eigenvalue weighted by molar-refractivity contribution is 6.27. The van der Waals surface area contributed by atoms with Gasteiger partial charge in [-0.3, -0.25) is 14.9 Å². The molecular formula is C21H17NO4. The van der Waals surface area contributed by atoms with Crippen LogP contribution in [0, 0.1) is 0 Å². The lowest BCUT2D eigenvalue weighted by Crippen LogP contribution is -2.20. The van der Waals surface area contributed by atoms with Crippen molar-refractivity contribution in [3.8, 4) is 11.5 Å². The zero-order valence-electron chi connectivity index (χ0n) is 14.2. The van der Waals surface area contributed by atoms with E-state index in [0.29, 0.717) is 24.7 Å². The minimum absolute atomic E-state index is 0.244. The number of carbonyl (C=O) groups is 2. The first-order chi connectivity index (χ1) is 12.7. The lowest BCUT2D eigenvalue weighted by atomic mass is 9.99. The summed E-state index contributed by atoms with van der Waals surface area (Å²) in [7, 11) is 0. The van der Waals surface area contributed by atoms with Crippen LogP contribution in [0.2, 0.25) is 0 Å². The maximum atomic E-state index is 12.4. The number of fused-ring (bicyclic) bond motifs is 2. The molecule has 0 aromatic heterocycles. The molecule has 2 amide bonds. The average Bonchev–Trinajstić information content (AvgIpc) is 2.96. The van der Waals surface area contributed by atoms with Crippen LogP contribution in [0.5, 0.6) is 11.5 Å². The van der Waals surface area contributed by atoms with Gasteiger partial charge in [0.15, 0.2) is 0 Å². The first-order valence-electron chi connectivity index (χ1n) is 8.44. The molecule has 3 aromatic carbocycles. The topological polar surface area (TPSA) is 64.6 Å². The number of nitrogens with one attached hydrogen (secondary N) is 1. The summed E-state index contributed by atoms with van der Waals surface area (Å²) < 4.78 is 11.8. The molecule has 26 heavy (non-hydrogen) atoms. The summed E-state index contributed by atoms with van der Waals surface area (Å²) in [5, 5.41) is 3.85. The van der Waals surface area contributed by atoms with Crippen molar-refractivity contribution in [2.75, 3.05) is 6.61 Å². The van der Waals surface area contributed by atoms with E-state index >= 15 is 0 Å². The zero-order chi connectivity index (χ0) is 18.1. The van der Waals surface area contributed by atoms with Crippen molar-refractivity contribution >= 4 is 22.6 Å². The van der Waals surface area contributed by atoms with E-state index in [2.05, 4.69) is 5.32 Å². The Morgan fingerprint density at radius 1 is 0.769 bits per heavy atom. The fraction of sp³-hybridized carbons (Fsp3) is 0.143. The number of ether oxygens (including phenoxy) is 2. The summed E-state index contributed by atoms with van der Waals surface area (Å²) >= 11 is 0. The largest absolute Gasteiger partial charge is 0.492 e. The van der Waals surface area contributed by atoms with Crippen LogP contribution in [0.4, 0.5) is 0 Å². The van der Waals surface area contributed by atoms with Gasteiger partial charge in [0.25, 0.3) is 11.8 Å². The van der Waals surface area contributed by atoms with Gasteiger partial charge in [-0.1, -0.05) is 54.6 Å². The second kappa shape index (κ2) is 6.52. The highest BCUT2D eigenvalue weighted by atomic mass is 16.5. The molecule has 1 aliphatic heterocycles. The van der Waals surface area contributed by atoms with Crippen molar-refractivity contribution in [2.24, 2.45) is 0 Å². The Morgan fingerprint density at radius 3 is 1.88 bits per heavy atom. The van der Waals surface area contributed by atoms with Gasteiger partial charge in [0.05, 0.1) is 17.7 Å². The van der Waals surface area contributed by atoms with Gasteiger partial charge in [-0.2, -0.15) is 0 Å². The molecule has 1 aliphatic rings. The number of imide groups is 1. The monoisotopic (exact) mass is 347 g/mol. The SMILES string of the molecule is CCOc1c2c(c(OCc3ccccc3)c3ccccc13)C(=O)NC2=O. The molecule has 5 heteroatoms. The van der Waals surface area contributed by atoms with Crippen LogP contribution in [0.3, 0.4) is 0 Å². The normalized spacial score (nSPS) is 12.8. The number of hydrogen-bond donors (Lipinski definition) is 1. The van der Waals surface area contributed by atoms with Gasteiger partial charge >= 0.3 is 0 Å². The molecular weight excluding hydrogens is 330 g/mol. The lowest BCUT2D eigenvalue weighted by molar-refractivity contribution is 0.0877. The molecule has 0 saturated carbocycles. The number of amides is 2. The molecule has 0 bridgehead atoms. The molecule has 0 unspecified atom stereocenters. The number of carbonyl (C=O) groups excluding carboxylic acids is 2. The Kier molecular flexibility index (Phi) is 4.05. The summed E-state index contributed by atoms with van der Waals surface area (Å²) in [4.78, 5) is 24.8. The second-order valence-electron chi connectivity index (χ2n) is 5.94.